The van der Waals surface area contributed by atoms with E-state index in [1.54, 1.807) is 7.11 Å². The van der Waals surface area contributed by atoms with Gasteiger partial charge in [-0.05, 0) is 6.07 Å². The molecule has 0 fully saturated rings. The lowest BCUT2D eigenvalue weighted by molar-refractivity contribution is -0.137. The first-order chi connectivity index (χ1) is 8.22. The number of thioether (sulfide) groups is 1. The molecule has 17 heavy (non-hydrogen) atoms. The number of hydrogen-bond donors (Lipinski definition) is 1. The molecule has 1 rings (SSSR count). The van der Waals surface area contributed by atoms with Gasteiger partial charge >= 0.3 is 5.97 Å². The summed E-state index contributed by atoms with van der Waals surface area (Å²) in [6.45, 7) is 0.446. The van der Waals surface area contributed by atoms with Gasteiger partial charge in [-0.3, -0.25) is 4.79 Å². The number of nitrogens with two attached hydrogens (primary N) is 1. The monoisotopic (exact) mass is 255 g/mol. The van der Waals surface area contributed by atoms with E-state index < -0.39 is 0 Å². The van der Waals surface area contributed by atoms with Gasteiger partial charge < -0.3 is 15.2 Å². The van der Waals surface area contributed by atoms with Crippen LogP contribution in [-0.2, 0) is 9.53 Å². The summed E-state index contributed by atoms with van der Waals surface area (Å²) in [6, 6.07) is 7.68. The van der Waals surface area contributed by atoms with E-state index in [1.807, 2.05) is 24.3 Å². The first-order valence-corrected chi connectivity index (χ1v) is 6.29. The quantitative estimate of drug-likeness (QED) is 0.782. The molecule has 0 amide bonds. The first kappa shape index (κ1) is 13.9. The van der Waals surface area contributed by atoms with Gasteiger partial charge in [0.05, 0.1) is 20.0 Å². The maximum Gasteiger partial charge on any atom is 0.315 e. The van der Waals surface area contributed by atoms with E-state index in [2.05, 4.69) is 4.74 Å². The minimum Gasteiger partial charge on any atom is -0.496 e. The predicted octanol–water partition coefficient (Wildman–Crippen LogP) is 1.60. The third-order valence-electron chi connectivity index (χ3n) is 2.33. The van der Waals surface area contributed by atoms with Gasteiger partial charge in [-0.1, -0.05) is 18.2 Å². The topological polar surface area (TPSA) is 61.5 Å². The average molecular weight is 255 g/mol. The van der Waals surface area contributed by atoms with Crippen molar-refractivity contribution in [3.63, 3.8) is 0 Å². The lowest BCUT2D eigenvalue weighted by atomic mass is 10.1. The number of methoxy groups -OCH3 is 2. The van der Waals surface area contributed by atoms with Crippen LogP contribution >= 0.6 is 11.8 Å². The molecule has 5 heteroatoms. The van der Waals surface area contributed by atoms with Gasteiger partial charge in [-0.25, -0.2) is 0 Å². The number of hydrogen-bond acceptors (Lipinski definition) is 5. The molecule has 1 aromatic carbocycles. The summed E-state index contributed by atoms with van der Waals surface area (Å²) in [5.74, 6) is 0.833. The Morgan fingerprint density at radius 2 is 2.12 bits per heavy atom. The molecule has 94 valence electrons. The molecule has 0 aliphatic rings. The summed E-state index contributed by atoms with van der Waals surface area (Å²) in [4.78, 5) is 11.1. The van der Waals surface area contributed by atoms with E-state index in [0.717, 1.165) is 11.3 Å². The Kier molecular flexibility index (Phi) is 5.86. The van der Waals surface area contributed by atoms with Crippen molar-refractivity contribution in [2.45, 2.75) is 5.25 Å². The molecule has 0 heterocycles. The average Bonchev–Trinajstić information content (AvgIpc) is 2.39. The molecular formula is C12H17NO3S. The van der Waals surface area contributed by atoms with Crippen molar-refractivity contribution in [3.05, 3.63) is 29.8 Å². The molecule has 0 spiro atoms. The van der Waals surface area contributed by atoms with Crippen LogP contribution in [0.15, 0.2) is 24.3 Å². The molecule has 1 atom stereocenters. The van der Waals surface area contributed by atoms with Crippen LogP contribution in [0.2, 0.25) is 0 Å². The molecule has 1 unspecified atom stereocenters. The number of para-hydroxylation sites is 1. The fourth-order valence-electron chi connectivity index (χ4n) is 1.44. The van der Waals surface area contributed by atoms with E-state index >= 15 is 0 Å². The van der Waals surface area contributed by atoms with Crippen molar-refractivity contribution >= 4 is 17.7 Å². The van der Waals surface area contributed by atoms with Crippen molar-refractivity contribution in [2.75, 3.05) is 26.5 Å². The van der Waals surface area contributed by atoms with Gasteiger partial charge in [0.2, 0.25) is 0 Å². The smallest absolute Gasteiger partial charge is 0.315 e. The summed E-state index contributed by atoms with van der Waals surface area (Å²) in [7, 11) is 3.00. The Morgan fingerprint density at radius 1 is 1.41 bits per heavy atom. The number of carbonyl (C=O) groups excluding carboxylic acids is 1. The van der Waals surface area contributed by atoms with E-state index in [9.17, 15) is 4.79 Å². The molecular weight excluding hydrogens is 238 g/mol. The standard InChI is InChI=1S/C12H17NO3S/c1-15-10-6-4-3-5-9(10)11(7-13)17-8-12(14)16-2/h3-6,11H,7-8,13H2,1-2H3. The lowest BCUT2D eigenvalue weighted by Gasteiger charge is -2.17. The maximum absolute atomic E-state index is 11.1. The second-order valence-electron chi connectivity index (χ2n) is 3.35. The molecule has 0 aromatic heterocycles. The Bertz CT molecular complexity index is 371. The van der Waals surface area contributed by atoms with Crippen LogP contribution in [0.3, 0.4) is 0 Å². The van der Waals surface area contributed by atoms with Gasteiger partial charge in [0.1, 0.15) is 5.75 Å². The Labute approximate surface area is 105 Å². The third kappa shape index (κ3) is 3.94. The van der Waals surface area contributed by atoms with Crippen LogP contribution in [0.5, 0.6) is 5.75 Å². The third-order valence-corrected chi connectivity index (χ3v) is 3.58. The zero-order valence-electron chi connectivity index (χ0n) is 10.0. The minimum atomic E-state index is -0.247. The van der Waals surface area contributed by atoms with E-state index in [4.69, 9.17) is 10.5 Å². The zero-order valence-corrected chi connectivity index (χ0v) is 10.8. The largest absolute Gasteiger partial charge is 0.496 e. The number of carbonyl (C=O) groups is 1. The van der Waals surface area contributed by atoms with Crippen molar-refractivity contribution in [2.24, 2.45) is 5.73 Å². The summed E-state index contributed by atoms with van der Waals surface area (Å²) >= 11 is 1.46. The highest BCUT2D eigenvalue weighted by molar-refractivity contribution is 8.00. The van der Waals surface area contributed by atoms with Gasteiger partial charge in [-0.2, -0.15) is 0 Å². The highest BCUT2D eigenvalue weighted by atomic mass is 32.2. The molecule has 0 saturated heterocycles. The van der Waals surface area contributed by atoms with Crippen LogP contribution in [0, 0.1) is 0 Å². The van der Waals surface area contributed by atoms with Crippen LogP contribution in [0.4, 0.5) is 0 Å². The number of rotatable bonds is 6. The van der Waals surface area contributed by atoms with Crippen LogP contribution in [-0.4, -0.2) is 32.5 Å². The van der Waals surface area contributed by atoms with E-state index in [-0.39, 0.29) is 17.0 Å². The highest BCUT2D eigenvalue weighted by Crippen LogP contribution is 2.33. The number of benzene rings is 1. The molecule has 0 aliphatic carbocycles. The highest BCUT2D eigenvalue weighted by Gasteiger charge is 2.16. The summed E-state index contributed by atoms with van der Waals surface area (Å²) in [6.07, 6.45) is 0. The zero-order chi connectivity index (χ0) is 12.7. The first-order valence-electron chi connectivity index (χ1n) is 5.24. The van der Waals surface area contributed by atoms with Crippen LogP contribution in [0.25, 0.3) is 0 Å². The molecule has 0 radical (unpaired) electrons. The van der Waals surface area contributed by atoms with Gasteiger partial charge in [0, 0.05) is 17.4 Å². The second kappa shape index (κ2) is 7.19. The van der Waals surface area contributed by atoms with Crippen molar-refractivity contribution in [1.82, 2.24) is 0 Å². The molecule has 0 aliphatic heterocycles. The van der Waals surface area contributed by atoms with Crippen molar-refractivity contribution in [1.29, 1.82) is 0 Å². The normalized spacial score (nSPS) is 11.9. The number of esters is 1. The fraction of sp³-hybridized carbons (Fsp3) is 0.417. The number of ether oxygens (including phenoxy) is 2. The second-order valence-corrected chi connectivity index (χ2v) is 4.54. The Balaban J connectivity index is 2.75. The molecule has 4 nitrogen and oxygen atoms in total. The summed E-state index contributed by atoms with van der Waals surface area (Å²) in [5, 5.41) is 0.0326. The maximum atomic E-state index is 11.1. The van der Waals surface area contributed by atoms with E-state index in [1.165, 1.54) is 18.9 Å². The van der Waals surface area contributed by atoms with Crippen LogP contribution < -0.4 is 10.5 Å². The summed E-state index contributed by atoms with van der Waals surface area (Å²) in [5.41, 5.74) is 6.73. The van der Waals surface area contributed by atoms with E-state index in [0.29, 0.717) is 6.54 Å². The molecule has 0 bridgehead atoms. The molecule has 1 aromatic rings. The lowest BCUT2D eigenvalue weighted by Crippen LogP contribution is -2.13. The SMILES string of the molecule is COC(=O)CSC(CN)c1ccccc1OC. The van der Waals surface area contributed by atoms with Crippen LogP contribution in [0.1, 0.15) is 10.8 Å². The van der Waals surface area contributed by atoms with Crippen molar-refractivity contribution < 1.29 is 14.3 Å². The van der Waals surface area contributed by atoms with Crippen molar-refractivity contribution in [3.8, 4) is 5.75 Å². The Morgan fingerprint density at radius 3 is 2.71 bits per heavy atom. The minimum absolute atomic E-state index is 0.0326. The van der Waals surface area contributed by atoms with Gasteiger partial charge in [-0.15, -0.1) is 11.8 Å². The molecule has 0 saturated carbocycles. The predicted molar refractivity (Wildman–Crippen MR) is 69.3 cm³/mol. The van der Waals surface area contributed by atoms with Gasteiger partial charge in [0.15, 0.2) is 0 Å². The Hall–Kier alpha value is -1.20. The fourth-order valence-corrected chi connectivity index (χ4v) is 2.41. The molecule has 2 N–H and O–H groups in total. The summed E-state index contributed by atoms with van der Waals surface area (Å²) < 4.78 is 9.88. The van der Waals surface area contributed by atoms with Gasteiger partial charge in [0.25, 0.3) is 0 Å².